The molecule has 4 aromatic rings. The van der Waals surface area contributed by atoms with E-state index in [9.17, 15) is 9.90 Å². The first kappa shape index (κ1) is 23.0. The Morgan fingerprint density at radius 1 is 1.12 bits per heavy atom. The molecule has 9 heteroatoms. The number of halogens is 1. The quantitative estimate of drug-likeness (QED) is 0.370. The van der Waals surface area contributed by atoms with Crippen molar-refractivity contribution < 1.29 is 9.90 Å². The molecule has 2 N–H and O–H groups in total. The van der Waals surface area contributed by atoms with E-state index in [2.05, 4.69) is 20.3 Å². The van der Waals surface area contributed by atoms with Gasteiger partial charge in [-0.1, -0.05) is 23.7 Å². The van der Waals surface area contributed by atoms with Gasteiger partial charge in [0.2, 0.25) is 0 Å². The molecule has 1 fully saturated rings. The predicted octanol–water partition coefficient (Wildman–Crippen LogP) is 4.70. The van der Waals surface area contributed by atoms with Crippen LogP contribution in [0.15, 0.2) is 48.7 Å². The minimum atomic E-state index is -0.234. The average molecular weight is 496 g/mol. The number of likely N-dealkylation sites (tertiary alicyclic amines) is 1. The normalized spacial score (nSPS) is 14.2. The maximum Gasteiger partial charge on any atom is 0.267 e. The summed E-state index contributed by atoms with van der Waals surface area (Å²) >= 11 is 7.31. The van der Waals surface area contributed by atoms with Crippen LogP contribution in [0.25, 0.3) is 21.5 Å². The molecule has 1 aliphatic heterocycles. The number of hydrogen-bond donors (Lipinski definition) is 2. The second-order valence-corrected chi connectivity index (χ2v) is 9.86. The molecule has 0 radical (unpaired) electrons. The van der Waals surface area contributed by atoms with E-state index in [1.807, 2.05) is 41.2 Å². The molecule has 2 aromatic carbocycles. The minimum Gasteiger partial charge on any atom is -0.396 e. The molecule has 1 amide bonds. The summed E-state index contributed by atoms with van der Waals surface area (Å²) in [5.74, 6) is -0.234. The topological polar surface area (TPSA) is 83.3 Å². The highest BCUT2D eigenvalue weighted by Crippen LogP contribution is 2.30. The number of nitrogens with one attached hydrogen (secondary N) is 1. The van der Waals surface area contributed by atoms with Crippen molar-refractivity contribution in [1.29, 1.82) is 0 Å². The van der Waals surface area contributed by atoms with Gasteiger partial charge in [0, 0.05) is 41.2 Å². The Bertz CT molecular complexity index is 1290. The Morgan fingerprint density at radius 3 is 2.68 bits per heavy atom. The van der Waals surface area contributed by atoms with Gasteiger partial charge in [0.15, 0.2) is 0 Å². The van der Waals surface area contributed by atoms with Gasteiger partial charge >= 0.3 is 0 Å². The third kappa shape index (κ3) is 5.00. The molecule has 7 nitrogen and oxygen atoms in total. The molecule has 0 unspecified atom stereocenters. The number of amides is 1. The lowest BCUT2D eigenvalue weighted by Gasteiger charge is -2.14. The third-order valence-corrected chi connectivity index (χ3v) is 7.47. The fraction of sp³-hybridized carbons (Fsp3) is 0.320. The van der Waals surface area contributed by atoms with Crippen molar-refractivity contribution in [2.75, 3.05) is 31.6 Å². The molecule has 0 spiro atoms. The second-order valence-electron chi connectivity index (χ2n) is 8.42. The van der Waals surface area contributed by atoms with Crippen LogP contribution in [-0.2, 0) is 13.0 Å². The standard InChI is InChI=1S/C25H26ClN5O2S/c26-19-5-3-17(4-6-19)25-29-21(9-14-32)23(34-25)24(33)28-20-7-8-22-18(15-20)16-27-31(22)13-12-30-10-1-2-11-30/h3-8,15-16,32H,1-2,9-14H2,(H,28,33). The molecule has 0 aliphatic carbocycles. The zero-order chi connectivity index (χ0) is 23.5. The fourth-order valence-electron chi connectivity index (χ4n) is 4.29. The van der Waals surface area contributed by atoms with Crippen molar-refractivity contribution in [2.24, 2.45) is 0 Å². The molecule has 176 valence electrons. The SMILES string of the molecule is O=C(Nc1ccc2c(cnn2CCN2CCCC2)c1)c1sc(-c2ccc(Cl)cc2)nc1CCO. The number of rotatable bonds is 8. The van der Waals surface area contributed by atoms with E-state index >= 15 is 0 Å². The monoisotopic (exact) mass is 495 g/mol. The van der Waals surface area contributed by atoms with Gasteiger partial charge in [0.25, 0.3) is 5.91 Å². The average Bonchev–Trinajstić information content (AvgIpc) is 3.58. The summed E-state index contributed by atoms with van der Waals surface area (Å²) in [6.07, 6.45) is 4.72. The van der Waals surface area contributed by atoms with Crippen molar-refractivity contribution >= 4 is 45.4 Å². The lowest BCUT2D eigenvalue weighted by atomic mass is 10.2. The molecule has 34 heavy (non-hydrogen) atoms. The summed E-state index contributed by atoms with van der Waals surface area (Å²) in [7, 11) is 0. The van der Waals surface area contributed by atoms with Gasteiger partial charge in [-0.25, -0.2) is 4.98 Å². The fourth-order valence-corrected chi connectivity index (χ4v) is 5.43. The number of carbonyl (C=O) groups is 1. The number of benzene rings is 2. The van der Waals surface area contributed by atoms with Crippen molar-refractivity contribution in [3.8, 4) is 10.6 Å². The van der Waals surface area contributed by atoms with Gasteiger partial charge < -0.3 is 15.3 Å². The van der Waals surface area contributed by atoms with Crippen molar-refractivity contribution in [3.63, 3.8) is 0 Å². The number of aliphatic hydroxyl groups is 1. The zero-order valence-corrected chi connectivity index (χ0v) is 20.3. The van der Waals surface area contributed by atoms with Gasteiger partial charge in [-0.2, -0.15) is 5.10 Å². The lowest BCUT2D eigenvalue weighted by molar-refractivity contribution is 0.102. The first-order valence-corrected chi connectivity index (χ1v) is 12.7. The van der Waals surface area contributed by atoms with E-state index in [0.717, 1.165) is 34.6 Å². The Kier molecular flexibility index (Phi) is 6.92. The minimum absolute atomic E-state index is 0.0767. The summed E-state index contributed by atoms with van der Waals surface area (Å²) in [6.45, 7) is 4.13. The number of aliphatic hydroxyl groups excluding tert-OH is 1. The van der Waals surface area contributed by atoms with Gasteiger partial charge in [0.05, 0.1) is 24.0 Å². The van der Waals surface area contributed by atoms with Crippen molar-refractivity contribution in [2.45, 2.75) is 25.8 Å². The van der Waals surface area contributed by atoms with E-state index in [-0.39, 0.29) is 12.5 Å². The number of fused-ring (bicyclic) bond motifs is 1. The van der Waals surface area contributed by atoms with Crippen LogP contribution in [0.2, 0.25) is 5.02 Å². The number of carbonyl (C=O) groups excluding carboxylic acids is 1. The highest BCUT2D eigenvalue weighted by atomic mass is 35.5. The first-order valence-electron chi connectivity index (χ1n) is 11.5. The third-order valence-electron chi connectivity index (χ3n) is 6.07. The van der Waals surface area contributed by atoms with Gasteiger partial charge in [-0.15, -0.1) is 11.3 Å². The number of anilines is 1. The molecular weight excluding hydrogens is 470 g/mol. The number of aromatic nitrogens is 3. The van der Waals surface area contributed by atoms with Crippen LogP contribution in [-0.4, -0.2) is 56.9 Å². The summed E-state index contributed by atoms with van der Waals surface area (Å²) in [5.41, 5.74) is 3.23. The lowest BCUT2D eigenvalue weighted by Crippen LogP contribution is -2.24. The van der Waals surface area contributed by atoms with Gasteiger partial charge in [-0.05, 0) is 56.3 Å². The van der Waals surface area contributed by atoms with Crippen LogP contribution in [0.1, 0.15) is 28.2 Å². The molecule has 2 aromatic heterocycles. The summed E-state index contributed by atoms with van der Waals surface area (Å²) in [6, 6.07) is 13.2. The Balaban J connectivity index is 1.33. The van der Waals surface area contributed by atoms with Crippen molar-refractivity contribution in [1.82, 2.24) is 19.7 Å². The van der Waals surface area contributed by atoms with Crippen LogP contribution in [0.4, 0.5) is 5.69 Å². The van der Waals surface area contributed by atoms with Gasteiger partial charge in [0.1, 0.15) is 9.88 Å². The molecule has 1 aliphatic rings. The summed E-state index contributed by atoms with van der Waals surface area (Å²) in [5, 5.41) is 19.4. The zero-order valence-electron chi connectivity index (χ0n) is 18.7. The summed E-state index contributed by atoms with van der Waals surface area (Å²) in [4.78, 5) is 20.7. The predicted molar refractivity (Wildman–Crippen MR) is 137 cm³/mol. The Hall–Kier alpha value is -2.78. The van der Waals surface area contributed by atoms with Gasteiger partial charge in [-0.3, -0.25) is 9.48 Å². The van der Waals surface area contributed by atoms with E-state index in [1.165, 1.54) is 37.3 Å². The maximum atomic E-state index is 13.1. The van der Waals surface area contributed by atoms with E-state index in [4.69, 9.17) is 11.6 Å². The molecule has 0 saturated carbocycles. The van der Waals surface area contributed by atoms with Crippen LogP contribution >= 0.6 is 22.9 Å². The molecule has 1 saturated heterocycles. The number of nitrogens with zero attached hydrogens (tertiary/aromatic N) is 4. The Morgan fingerprint density at radius 2 is 1.91 bits per heavy atom. The highest BCUT2D eigenvalue weighted by Gasteiger charge is 2.19. The van der Waals surface area contributed by atoms with E-state index in [1.54, 1.807) is 12.1 Å². The van der Waals surface area contributed by atoms with Crippen molar-refractivity contribution in [3.05, 3.63) is 64.3 Å². The second kappa shape index (κ2) is 10.2. The molecule has 3 heterocycles. The molecular formula is C25H26ClN5O2S. The largest absolute Gasteiger partial charge is 0.396 e. The van der Waals surface area contributed by atoms with E-state index < -0.39 is 0 Å². The first-order chi connectivity index (χ1) is 16.6. The van der Waals surface area contributed by atoms with Crippen LogP contribution in [0.5, 0.6) is 0 Å². The van der Waals surface area contributed by atoms with Crippen LogP contribution < -0.4 is 5.32 Å². The smallest absolute Gasteiger partial charge is 0.267 e. The van der Waals surface area contributed by atoms with Crippen LogP contribution in [0.3, 0.4) is 0 Å². The maximum absolute atomic E-state index is 13.1. The van der Waals surface area contributed by atoms with Crippen LogP contribution in [0, 0.1) is 0 Å². The molecule has 0 atom stereocenters. The molecule has 5 rings (SSSR count). The summed E-state index contributed by atoms with van der Waals surface area (Å²) < 4.78 is 2.03. The number of hydrogen-bond acceptors (Lipinski definition) is 6. The molecule has 0 bridgehead atoms. The highest BCUT2D eigenvalue weighted by molar-refractivity contribution is 7.17. The van der Waals surface area contributed by atoms with E-state index in [0.29, 0.717) is 27.7 Å². The number of thiazole rings is 1. The Labute approximate surface area is 207 Å².